The van der Waals surface area contributed by atoms with E-state index >= 15 is 0 Å². The van der Waals surface area contributed by atoms with Crippen LogP contribution in [0.5, 0.6) is 0 Å². The van der Waals surface area contributed by atoms with Gasteiger partial charge >= 0.3 is 5.97 Å². The number of aryl methyl sites for hydroxylation is 1. The van der Waals surface area contributed by atoms with Gasteiger partial charge in [0.2, 0.25) is 0 Å². The maximum Gasteiger partial charge on any atom is 0.337 e. The molecule has 1 amide bonds. The summed E-state index contributed by atoms with van der Waals surface area (Å²) in [4.78, 5) is 28.5. The third-order valence-corrected chi connectivity index (χ3v) is 4.43. The molecule has 0 aliphatic heterocycles. The number of benzene rings is 2. The molecule has 2 aromatic carbocycles. The smallest absolute Gasteiger partial charge is 0.337 e. The van der Waals surface area contributed by atoms with Crippen molar-refractivity contribution in [3.05, 3.63) is 83.0 Å². The summed E-state index contributed by atoms with van der Waals surface area (Å²) in [5, 5.41) is 6.04. The minimum atomic E-state index is -0.458. The number of pyridine rings is 1. The van der Waals surface area contributed by atoms with Gasteiger partial charge in [0.05, 0.1) is 12.7 Å². The number of carbonyl (C=O) groups excluding carboxylic acids is 2. The number of nitrogens with zero attached hydrogens (tertiary/aromatic N) is 1. The van der Waals surface area contributed by atoms with Crippen LogP contribution in [0.25, 0.3) is 0 Å². The van der Waals surface area contributed by atoms with Gasteiger partial charge in [-0.25, -0.2) is 9.78 Å². The van der Waals surface area contributed by atoms with Gasteiger partial charge < -0.3 is 15.4 Å². The zero-order valence-electron chi connectivity index (χ0n) is 15.9. The normalized spacial score (nSPS) is 10.2. The van der Waals surface area contributed by atoms with E-state index in [9.17, 15) is 9.59 Å². The Balaban J connectivity index is 1.77. The lowest BCUT2D eigenvalue weighted by Gasteiger charge is -2.12. The van der Waals surface area contributed by atoms with Crippen molar-refractivity contribution in [2.75, 3.05) is 17.7 Å². The van der Waals surface area contributed by atoms with Crippen molar-refractivity contribution in [3.63, 3.8) is 0 Å². The second-order valence-electron chi connectivity index (χ2n) is 6.33. The van der Waals surface area contributed by atoms with Gasteiger partial charge in [0.1, 0.15) is 5.82 Å². The lowest BCUT2D eigenvalue weighted by molar-refractivity contribution is 0.0600. The number of nitrogens with one attached hydrogen (secondary N) is 2. The summed E-state index contributed by atoms with van der Waals surface area (Å²) in [6, 6.07) is 15.9. The Morgan fingerprint density at radius 1 is 0.964 bits per heavy atom. The monoisotopic (exact) mass is 375 g/mol. The molecule has 0 aliphatic carbocycles. The van der Waals surface area contributed by atoms with Crippen LogP contribution in [-0.2, 0) is 4.74 Å². The maximum absolute atomic E-state index is 12.6. The third-order valence-electron chi connectivity index (χ3n) is 4.43. The van der Waals surface area contributed by atoms with Gasteiger partial charge in [0.15, 0.2) is 0 Å². The average Bonchev–Trinajstić information content (AvgIpc) is 2.71. The molecule has 2 N–H and O–H groups in total. The van der Waals surface area contributed by atoms with Gasteiger partial charge in [-0.2, -0.15) is 0 Å². The largest absolute Gasteiger partial charge is 0.465 e. The first-order valence-electron chi connectivity index (χ1n) is 8.77. The predicted molar refractivity (Wildman–Crippen MR) is 109 cm³/mol. The van der Waals surface area contributed by atoms with Crippen LogP contribution < -0.4 is 10.6 Å². The second-order valence-corrected chi connectivity index (χ2v) is 6.33. The Labute approximate surface area is 163 Å². The zero-order valence-corrected chi connectivity index (χ0v) is 15.9. The van der Waals surface area contributed by atoms with Gasteiger partial charge in [-0.05, 0) is 61.4 Å². The van der Waals surface area contributed by atoms with Gasteiger partial charge in [0, 0.05) is 23.1 Å². The molecule has 6 nitrogen and oxygen atoms in total. The highest BCUT2D eigenvalue weighted by Crippen LogP contribution is 2.22. The molecule has 1 heterocycles. The summed E-state index contributed by atoms with van der Waals surface area (Å²) in [5.41, 5.74) is 4.56. The molecule has 3 rings (SSSR count). The Morgan fingerprint density at radius 2 is 1.75 bits per heavy atom. The summed E-state index contributed by atoms with van der Waals surface area (Å²) < 4.78 is 4.70. The van der Waals surface area contributed by atoms with Crippen molar-refractivity contribution in [1.82, 2.24) is 4.98 Å². The minimum absolute atomic E-state index is 0.298. The van der Waals surface area contributed by atoms with Gasteiger partial charge in [0.25, 0.3) is 5.91 Å². The van der Waals surface area contributed by atoms with Crippen LogP contribution in [0.15, 0.2) is 60.8 Å². The molecule has 0 spiro atoms. The van der Waals surface area contributed by atoms with E-state index in [0.717, 1.165) is 11.3 Å². The fourth-order valence-electron chi connectivity index (χ4n) is 2.71. The van der Waals surface area contributed by atoms with Crippen LogP contribution in [-0.4, -0.2) is 24.0 Å². The Kier molecular flexibility index (Phi) is 5.69. The molecule has 0 fully saturated rings. The topological polar surface area (TPSA) is 80.3 Å². The van der Waals surface area contributed by atoms with E-state index < -0.39 is 5.97 Å². The molecular formula is C22H21N3O3. The van der Waals surface area contributed by atoms with Crippen LogP contribution in [0.1, 0.15) is 31.8 Å². The fraction of sp³-hybridized carbons (Fsp3) is 0.136. The number of aromatic nitrogens is 1. The number of hydrogen-bond acceptors (Lipinski definition) is 5. The summed E-state index contributed by atoms with van der Waals surface area (Å²) in [5.74, 6) is -0.182. The molecule has 0 unspecified atom stereocenters. The van der Waals surface area contributed by atoms with E-state index in [1.54, 1.807) is 42.6 Å². The van der Waals surface area contributed by atoms with E-state index in [1.807, 2.05) is 32.0 Å². The lowest BCUT2D eigenvalue weighted by atomic mass is 10.1. The van der Waals surface area contributed by atoms with E-state index in [0.29, 0.717) is 22.6 Å². The number of esters is 1. The van der Waals surface area contributed by atoms with Crippen LogP contribution in [0, 0.1) is 13.8 Å². The maximum atomic E-state index is 12.6. The number of ether oxygens (including phenoxy) is 1. The molecule has 1 aromatic heterocycles. The van der Waals surface area contributed by atoms with Crippen molar-refractivity contribution >= 4 is 29.1 Å². The van der Waals surface area contributed by atoms with Crippen LogP contribution in [0.3, 0.4) is 0 Å². The van der Waals surface area contributed by atoms with Crippen LogP contribution in [0.4, 0.5) is 17.2 Å². The van der Waals surface area contributed by atoms with E-state index in [-0.39, 0.29) is 5.91 Å². The molecule has 0 saturated carbocycles. The molecule has 3 aromatic rings. The molecule has 0 aliphatic rings. The van der Waals surface area contributed by atoms with Gasteiger partial charge in [-0.3, -0.25) is 4.79 Å². The molecule has 0 atom stereocenters. The van der Waals surface area contributed by atoms with Crippen molar-refractivity contribution < 1.29 is 14.3 Å². The van der Waals surface area contributed by atoms with Crippen molar-refractivity contribution in [1.29, 1.82) is 0 Å². The lowest BCUT2D eigenvalue weighted by Crippen LogP contribution is -2.13. The number of carbonyl (C=O) groups is 2. The molecular weight excluding hydrogens is 354 g/mol. The van der Waals surface area contributed by atoms with Crippen molar-refractivity contribution in [2.24, 2.45) is 0 Å². The summed E-state index contributed by atoms with van der Waals surface area (Å²) >= 11 is 0. The summed E-state index contributed by atoms with van der Waals surface area (Å²) in [7, 11) is 1.31. The molecule has 0 bridgehead atoms. The predicted octanol–water partition coefficient (Wildman–Crippen LogP) is 4.48. The summed E-state index contributed by atoms with van der Waals surface area (Å²) in [6.45, 7) is 4.07. The second kappa shape index (κ2) is 8.35. The zero-order chi connectivity index (χ0) is 20.1. The van der Waals surface area contributed by atoms with E-state index in [4.69, 9.17) is 4.74 Å². The van der Waals surface area contributed by atoms with Crippen LogP contribution in [0.2, 0.25) is 0 Å². The number of methoxy groups -OCH3 is 1. The molecule has 0 saturated heterocycles. The minimum Gasteiger partial charge on any atom is -0.465 e. The number of anilines is 3. The highest BCUT2D eigenvalue weighted by molar-refractivity contribution is 6.05. The number of amides is 1. The standard InChI is InChI=1S/C22H21N3O3/c1-14-6-4-9-19(15(14)2)25-20-13-16(10-11-23-20)21(26)24-18-8-5-7-17(12-18)22(27)28-3/h4-13H,1-3H3,(H,23,25)(H,24,26). The number of hydrogen-bond donors (Lipinski definition) is 2. The van der Waals surface area contributed by atoms with E-state index in [1.165, 1.54) is 12.7 Å². The number of rotatable bonds is 5. The first kappa shape index (κ1) is 19.1. The highest BCUT2D eigenvalue weighted by atomic mass is 16.5. The van der Waals surface area contributed by atoms with Crippen molar-refractivity contribution in [3.8, 4) is 0 Å². The molecule has 28 heavy (non-hydrogen) atoms. The highest BCUT2D eigenvalue weighted by Gasteiger charge is 2.11. The first-order valence-corrected chi connectivity index (χ1v) is 8.77. The SMILES string of the molecule is COC(=O)c1cccc(NC(=O)c2ccnc(Nc3cccc(C)c3C)c2)c1. The Bertz CT molecular complexity index is 1030. The fourth-order valence-corrected chi connectivity index (χ4v) is 2.71. The summed E-state index contributed by atoms with van der Waals surface area (Å²) in [6.07, 6.45) is 1.58. The van der Waals surface area contributed by atoms with Gasteiger partial charge in [-0.1, -0.05) is 18.2 Å². The Hall–Kier alpha value is -3.67. The van der Waals surface area contributed by atoms with Crippen molar-refractivity contribution in [2.45, 2.75) is 13.8 Å². The third kappa shape index (κ3) is 4.35. The Morgan fingerprint density at radius 3 is 2.54 bits per heavy atom. The quantitative estimate of drug-likeness (QED) is 0.643. The first-order chi connectivity index (χ1) is 13.5. The molecule has 142 valence electrons. The van der Waals surface area contributed by atoms with E-state index in [2.05, 4.69) is 15.6 Å². The van der Waals surface area contributed by atoms with Gasteiger partial charge in [-0.15, -0.1) is 0 Å². The van der Waals surface area contributed by atoms with Crippen LogP contribution >= 0.6 is 0 Å². The average molecular weight is 375 g/mol. The molecule has 6 heteroatoms. The molecule has 0 radical (unpaired) electrons.